The van der Waals surface area contributed by atoms with Crippen molar-refractivity contribution < 1.29 is 31.5 Å². The molecule has 8 nitrogen and oxygen atoms in total. The molecule has 0 radical (unpaired) electrons. The number of hydrogen-bond acceptors (Lipinski definition) is 7. The van der Waals surface area contributed by atoms with E-state index in [-0.39, 0.29) is 24.0 Å². The lowest BCUT2D eigenvalue weighted by Gasteiger charge is -2.08. The molecule has 0 aliphatic rings. The summed E-state index contributed by atoms with van der Waals surface area (Å²) in [6.45, 7) is 4.52. The zero-order valence-electron chi connectivity index (χ0n) is 17.7. The molecule has 0 aliphatic carbocycles. The van der Waals surface area contributed by atoms with Crippen molar-refractivity contribution in [3.63, 3.8) is 0 Å². The van der Waals surface area contributed by atoms with Crippen molar-refractivity contribution in [2.24, 2.45) is 0 Å². The number of nitrogens with one attached hydrogen (secondary N) is 1. The molecule has 0 atom stereocenters. The predicted octanol–water partition coefficient (Wildman–Crippen LogP) is 3.96. The highest BCUT2D eigenvalue weighted by Crippen LogP contribution is 2.26. The third-order valence-corrected chi connectivity index (χ3v) is 6.95. The first-order valence-electron chi connectivity index (χ1n) is 9.89. The van der Waals surface area contributed by atoms with Gasteiger partial charge in [-0.2, -0.15) is 8.78 Å². The van der Waals surface area contributed by atoms with E-state index in [0.717, 1.165) is 17.6 Å². The molecule has 1 heterocycles. The molecule has 0 saturated carbocycles. The number of ether oxygens (including phenoxy) is 1. The first kappa shape index (κ1) is 24.6. The molecule has 2 aromatic carbocycles. The van der Waals surface area contributed by atoms with Crippen LogP contribution in [0.4, 0.5) is 14.5 Å². The number of thioether (sulfide) groups is 1. The lowest BCUT2D eigenvalue weighted by Crippen LogP contribution is -2.15. The molecule has 0 fully saturated rings. The Bertz CT molecular complexity index is 1280. The van der Waals surface area contributed by atoms with E-state index in [4.69, 9.17) is 4.74 Å². The van der Waals surface area contributed by atoms with Crippen LogP contribution in [0.2, 0.25) is 0 Å². The number of anilines is 1. The molecule has 0 aliphatic heterocycles. The van der Waals surface area contributed by atoms with Crippen LogP contribution in [0.1, 0.15) is 24.2 Å². The number of amides is 1. The SMILES string of the molecule is CCOC(=O)c1ccc2c(c1)nc(SCC(=O)Nc1ccc(S(=O)(=O)C(F)F)cc1)n2CC. The van der Waals surface area contributed by atoms with E-state index < -0.39 is 26.5 Å². The fourth-order valence-corrected chi connectivity index (χ4v) is 4.62. The minimum Gasteiger partial charge on any atom is -0.462 e. The van der Waals surface area contributed by atoms with Gasteiger partial charge in [-0.1, -0.05) is 11.8 Å². The molecule has 1 amide bonds. The monoisotopic (exact) mass is 497 g/mol. The minimum atomic E-state index is -4.69. The number of sulfone groups is 1. The number of halogens is 2. The number of carbonyl (C=O) groups excluding carboxylic acids is 2. The molecule has 1 aromatic heterocycles. The lowest BCUT2D eigenvalue weighted by atomic mass is 10.2. The Morgan fingerprint density at radius 3 is 2.45 bits per heavy atom. The number of imidazole rings is 1. The zero-order valence-corrected chi connectivity index (χ0v) is 19.4. The number of aromatic nitrogens is 2. The highest BCUT2D eigenvalue weighted by Gasteiger charge is 2.26. The molecule has 0 bridgehead atoms. The van der Waals surface area contributed by atoms with Gasteiger partial charge in [-0.25, -0.2) is 18.2 Å². The van der Waals surface area contributed by atoms with Crippen LogP contribution in [0.3, 0.4) is 0 Å². The number of carbonyl (C=O) groups is 2. The van der Waals surface area contributed by atoms with Gasteiger partial charge in [-0.15, -0.1) is 0 Å². The number of aryl methyl sites for hydroxylation is 1. The van der Waals surface area contributed by atoms with Gasteiger partial charge >= 0.3 is 11.7 Å². The highest BCUT2D eigenvalue weighted by molar-refractivity contribution is 7.99. The second-order valence-electron chi connectivity index (χ2n) is 6.73. The van der Waals surface area contributed by atoms with E-state index in [9.17, 15) is 26.8 Å². The first-order valence-corrected chi connectivity index (χ1v) is 12.4. The Morgan fingerprint density at radius 1 is 1.15 bits per heavy atom. The molecule has 12 heteroatoms. The average Bonchev–Trinajstić information content (AvgIpc) is 3.14. The van der Waals surface area contributed by atoms with Gasteiger partial charge in [0.25, 0.3) is 0 Å². The second kappa shape index (κ2) is 10.3. The topological polar surface area (TPSA) is 107 Å². The molecule has 0 saturated heterocycles. The molecule has 0 unspecified atom stereocenters. The average molecular weight is 498 g/mol. The second-order valence-corrected chi connectivity index (χ2v) is 9.59. The summed E-state index contributed by atoms with van der Waals surface area (Å²) in [5, 5.41) is 3.17. The van der Waals surface area contributed by atoms with Crippen LogP contribution in [-0.2, 0) is 25.9 Å². The summed E-state index contributed by atoms with van der Waals surface area (Å²) in [7, 11) is -4.69. The fourth-order valence-electron chi connectivity index (χ4n) is 3.02. The van der Waals surface area contributed by atoms with Crippen molar-refractivity contribution in [3.05, 3.63) is 48.0 Å². The summed E-state index contributed by atoms with van der Waals surface area (Å²) in [5.41, 5.74) is 2.07. The maximum absolute atomic E-state index is 12.6. The lowest BCUT2D eigenvalue weighted by molar-refractivity contribution is -0.113. The summed E-state index contributed by atoms with van der Waals surface area (Å²) in [6.07, 6.45) is 0. The molecule has 3 rings (SSSR count). The number of hydrogen-bond donors (Lipinski definition) is 1. The molecule has 1 N–H and O–H groups in total. The minimum absolute atomic E-state index is 0.00510. The van der Waals surface area contributed by atoms with E-state index >= 15 is 0 Å². The molecular weight excluding hydrogens is 476 g/mol. The van der Waals surface area contributed by atoms with Crippen molar-refractivity contribution in [2.45, 2.75) is 36.2 Å². The summed E-state index contributed by atoms with van der Waals surface area (Å²) < 4.78 is 55.1. The van der Waals surface area contributed by atoms with Crippen LogP contribution in [0.25, 0.3) is 11.0 Å². The third-order valence-electron chi connectivity index (χ3n) is 4.57. The van der Waals surface area contributed by atoms with Crippen LogP contribution in [0, 0.1) is 0 Å². The maximum atomic E-state index is 12.6. The van der Waals surface area contributed by atoms with Crippen LogP contribution in [0.5, 0.6) is 0 Å². The van der Waals surface area contributed by atoms with E-state index in [0.29, 0.717) is 22.8 Å². The van der Waals surface area contributed by atoms with Gasteiger partial charge in [-0.3, -0.25) is 4.79 Å². The van der Waals surface area contributed by atoms with E-state index in [1.54, 1.807) is 25.1 Å². The smallest absolute Gasteiger partial charge is 0.341 e. The Morgan fingerprint density at radius 2 is 1.85 bits per heavy atom. The largest absolute Gasteiger partial charge is 0.462 e. The Balaban J connectivity index is 1.69. The Kier molecular flexibility index (Phi) is 7.69. The van der Waals surface area contributed by atoms with E-state index in [2.05, 4.69) is 10.3 Å². The molecule has 176 valence electrons. The summed E-state index contributed by atoms with van der Waals surface area (Å²) >= 11 is 1.19. The number of alkyl halides is 2. The summed E-state index contributed by atoms with van der Waals surface area (Å²) in [6, 6.07) is 9.60. The normalized spacial score (nSPS) is 11.7. The predicted molar refractivity (Wildman–Crippen MR) is 120 cm³/mol. The number of nitrogens with zero attached hydrogens (tertiary/aromatic N) is 2. The molecule has 3 aromatic rings. The fraction of sp³-hybridized carbons (Fsp3) is 0.286. The van der Waals surface area contributed by atoms with E-state index in [1.807, 2.05) is 11.5 Å². The molecular formula is C21H21F2N3O5S2. The van der Waals surface area contributed by atoms with Gasteiger partial charge in [0, 0.05) is 12.2 Å². The Hall–Kier alpha value is -2.99. The van der Waals surface area contributed by atoms with Crippen molar-refractivity contribution in [1.82, 2.24) is 9.55 Å². The highest BCUT2D eigenvalue weighted by atomic mass is 32.2. The van der Waals surface area contributed by atoms with Crippen LogP contribution >= 0.6 is 11.8 Å². The third kappa shape index (κ3) is 5.50. The zero-order chi connectivity index (χ0) is 24.2. The standard InChI is InChI=1S/C21H21F2N3O5S2/c1-3-26-17-10-5-13(19(28)31-4-2)11-16(17)25-21(26)32-12-18(27)24-14-6-8-15(9-7-14)33(29,30)20(22)23/h5-11,20H,3-4,12H2,1-2H3,(H,24,27). The maximum Gasteiger partial charge on any atom is 0.341 e. The van der Waals surface area contributed by atoms with Crippen molar-refractivity contribution in [2.75, 3.05) is 17.7 Å². The number of benzene rings is 2. The first-order chi connectivity index (χ1) is 15.7. The van der Waals surface area contributed by atoms with Crippen molar-refractivity contribution in [3.8, 4) is 0 Å². The van der Waals surface area contributed by atoms with Gasteiger partial charge in [0.1, 0.15) is 0 Å². The van der Waals surface area contributed by atoms with E-state index in [1.165, 1.54) is 23.9 Å². The summed E-state index contributed by atoms with van der Waals surface area (Å²) in [5.74, 6) is -4.33. The quantitative estimate of drug-likeness (QED) is 0.352. The molecule has 0 spiro atoms. The van der Waals surface area contributed by atoms with Crippen LogP contribution in [-0.4, -0.2) is 48.0 Å². The van der Waals surface area contributed by atoms with Crippen LogP contribution in [0.15, 0.2) is 52.5 Å². The van der Waals surface area contributed by atoms with Gasteiger partial charge in [-0.05, 0) is 56.3 Å². The van der Waals surface area contributed by atoms with Crippen LogP contribution < -0.4 is 5.32 Å². The number of esters is 1. The van der Waals surface area contributed by atoms with Gasteiger partial charge < -0.3 is 14.6 Å². The summed E-state index contributed by atoms with van der Waals surface area (Å²) in [4.78, 5) is 28.3. The van der Waals surface area contributed by atoms with Gasteiger partial charge in [0.2, 0.25) is 15.7 Å². The number of rotatable bonds is 9. The molecule has 33 heavy (non-hydrogen) atoms. The Labute approximate surface area is 193 Å². The number of fused-ring (bicyclic) bond motifs is 1. The van der Waals surface area contributed by atoms with Gasteiger partial charge in [0.15, 0.2) is 5.16 Å². The van der Waals surface area contributed by atoms with Crippen molar-refractivity contribution >= 4 is 50.2 Å². The van der Waals surface area contributed by atoms with Crippen molar-refractivity contribution in [1.29, 1.82) is 0 Å². The van der Waals surface area contributed by atoms with Gasteiger partial charge in [0.05, 0.1) is 33.9 Å².